The van der Waals surface area contributed by atoms with E-state index in [-0.39, 0.29) is 11.6 Å². The van der Waals surface area contributed by atoms with Crippen LogP contribution in [0.15, 0.2) is 30.3 Å². The number of nitro benzene ring substituents is 1. The van der Waals surface area contributed by atoms with Crippen LogP contribution in [0.2, 0.25) is 0 Å². The highest BCUT2D eigenvalue weighted by Crippen LogP contribution is 2.31. The van der Waals surface area contributed by atoms with Crippen LogP contribution in [-0.2, 0) is 4.79 Å². The average molecular weight is 247 g/mol. The van der Waals surface area contributed by atoms with Gasteiger partial charge in [0, 0.05) is 12.1 Å². The number of allylic oxidation sites excluding steroid dienone is 2. The zero-order valence-corrected chi connectivity index (χ0v) is 9.70. The monoisotopic (exact) mass is 247 g/mol. The van der Waals surface area contributed by atoms with Crippen LogP contribution in [0.1, 0.15) is 24.8 Å². The topological polar surface area (TPSA) is 80.4 Å². The first-order chi connectivity index (χ1) is 8.58. The van der Waals surface area contributed by atoms with E-state index in [1.165, 1.54) is 12.1 Å². The molecule has 0 fully saturated rings. The summed E-state index contributed by atoms with van der Waals surface area (Å²) in [6.07, 6.45) is 3.61. The van der Waals surface area contributed by atoms with E-state index < -0.39 is 10.9 Å². The molecule has 0 aliphatic heterocycles. The summed E-state index contributed by atoms with van der Waals surface area (Å²) >= 11 is 0. The Morgan fingerprint density at radius 3 is 2.78 bits per heavy atom. The largest absolute Gasteiger partial charge is 0.481 e. The number of benzene rings is 1. The number of nitro groups is 1. The maximum atomic E-state index is 10.8. The minimum absolute atomic E-state index is 0.0637. The van der Waals surface area contributed by atoms with Gasteiger partial charge in [-0.05, 0) is 30.4 Å². The van der Waals surface area contributed by atoms with E-state index in [1.54, 1.807) is 6.07 Å². The van der Waals surface area contributed by atoms with Crippen LogP contribution >= 0.6 is 0 Å². The summed E-state index contributed by atoms with van der Waals surface area (Å²) < 4.78 is 0. The Bertz CT molecular complexity index is 521. The van der Waals surface area contributed by atoms with Crippen molar-refractivity contribution >= 4 is 17.2 Å². The maximum absolute atomic E-state index is 10.8. The Hall–Kier alpha value is -2.17. The van der Waals surface area contributed by atoms with Gasteiger partial charge >= 0.3 is 5.97 Å². The van der Waals surface area contributed by atoms with Gasteiger partial charge in [-0.3, -0.25) is 14.9 Å². The van der Waals surface area contributed by atoms with Gasteiger partial charge in [-0.15, -0.1) is 0 Å². The second kappa shape index (κ2) is 5.00. The van der Waals surface area contributed by atoms with E-state index in [0.29, 0.717) is 19.3 Å². The lowest BCUT2D eigenvalue weighted by molar-refractivity contribution is -0.384. The third-order valence-electron chi connectivity index (χ3n) is 3.19. The summed E-state index contributed by atoms with van der Waals surface area (Å²) in [6.45, 7) is 0. The Balaban J connectivity index is 2.20. The van der Waals surface area contributed by atoms with Crippen molar-refractivity contribution in [3.05, 3.63) is 46.0 Å². The summed E-state index contributed by atoms with van der Waals surface area (Å²) in [5.74, 6) is -1.10. The standard InChI is InChI=1S/C13H13NO4/c15-13(16)10-6-4-9(5-7-10)11-2-1-3-12(8-11)14(17)18/h1-4,8,10H,5-7H2,(H,15,16). The van der Waals surface area contributed by atoms with E-state index in [0.717, 1.165) is 11.1 Å². The molecule has 0 radical (unpaired) electrons. The first kappa shape index (κ1) is 12.3. The number of carbonyl (C=O) groups is 1. The molecular weight excluding hydrogens is 234 g/mol. The van der Waals surface area contributed by atoms with Crippen molar-refractivity contribution in [2.45, 2.75) is 19.3 Å². The molecule has 0 amide bonds. The molecule has 1 unspecified atom stereocenters. The van der Waals surface area contributed by atoms with E-state index in [2.05, 4.69) is 0 Å². The Kier molecular flexibility index (Phi) is 3.41. The van der Waals surface area contributed by atoms with Crippen molar-refractivity contribution in [1.29, 1.82) is 0 Å². The number of nitrogens with zero attached hydrogens (tertiary/aromatic N) is 1. The molecule has 1 N–H and O–H groups in total. The van der Waals surface area contributed by atoms with Crippen molar-refractivity contribution < 1.29 is 14.8 Å². The molecule has 1 aromatic rings. The van der Waals surface area contributed by atoms with E-state index >= 15 is 0 Å². The Labute approximate surface area is 104 Å². The number of carboxylic acid groups (broad SMARTS) is 1. The van der Waals surface area contributed by atoms with Crippen LogP contribution in [-0.4, -0.2) is 16.0 Å². The normalized spacial score (nSPS) is 19.1. The van der Waals surface area contributed by atoms with Crippen molar-refractivity contribution in [2.24, 2.45) is 5.92 Å². The fraction of sp³-hybridized carbons (Fsp3) is 0.308. The summed E-state index contributed by atoms with van der Waals surface area (Å²) in [4.78, 5) is 21.1. The predicted octanol–water partition coefficient (Wildman–Crippen LogP) is 2.86. The lowest BCUT2D eigenvalue weighted by atomic mass is 9.86. The SMILES string of the molecule is O=C(O)C1CC=C(c2cccc([N+](=O)[O-])c2)CC1. The van der Waals surface area contributed by atoms with Gasteiger partial charge in [0.15, 0.2) is 0 Å². The van der Waals surface area contributed by atoms with Gasteiger partial charge in [-0.25, -0.2) is 0 Å². The third kappa shape index (κ3) is 2.56. The van der Waals surface area contributed by atoms with Gasteiger partial charge in [0.25, 0.3) is 5.69 Å². The van der Waals surface area contributed by atoms with Gasteiger partial charge in [0.1, 0.15) is 0 Å². The third-order valence-corrected chi connectivity index (χ3v) is 3.19. The quantitative estimate of drug-likeness (QED) is 0.657. The zero-order valence-electron chi connectivity index (χ0n) is 9.70. The van der Waals surface area contributed by atoms with Gasteiger partial charge < -0.3 is 5.11 Å². The highest BCUT2D eigenvalue weighted by atomic mass is 16.6. The predicted molar refractivity (Wildman–Crippen MR) is 66.1 cm³/mol. The summed E-state index contributed by atoms with van der Waals surface area (Å²) in [6, 6.07) is 6.46. The molecule has 2 rings (SSSR count). The molecule has 0 aromatic heterocycles. The van der Waals surface area contributed by atoms with E-state index in [1.807, 2.05) is 12.1 Å². The minimum Gasteiger partial charge on any atom is -0.481 e. The van der Waals surface area contributed by atoms with Gasteiger partial charge in [0.2, 0.25) is 0 Å². The molecular formula is C13H13NO4. The molecule has 1 atom stereocenters. The number of aliphatic carboxylic acids is 1. The molecule has 1 aliphatic rings. The second-order valence-electron chi connectivity index (χ2n) is 4.35. The first-order valence-electron chi connectivity index (χ1n) is 5.74. The molecule has 18 heavy (non-hydrogen) atoms. The van der Waals surface area contributed by atoms with E-state index in [4.69, 9.17) is 5.11 Å². The lowest BCUT2D eigenvalue weighted by Crippen LogP contribution is -2.15. The van der Waals surface area contributed by atoms with Crippen molar-refractivity contribution in [2.75, 3.05) is 0 Å². The molecule has 0 bridgehead atoms. The second-order valence-corrected chi connectivity index (χ2v) is 4.35. The molecule has 94 valence electrons. The molecule has 5 heteroatoms. The first-order valence-corrected chi connectivity index (χ1v) is 5.74. The van der Waals surface area contributed by atoms with Gasteiger partial charge in [-0.2, -0.15) is 0 Å². The number of non-ortho nitro benzene ring substituents is 1. The molecule has 0 heterocycles. The lowest BCUT2D eigenvalue weighted by Gasteiger charge is -2.18. The minimum atomic E-state index is -0.774. The highest BCUT2D eigenvalue weighted by Gasteiger charge is 2.21. The summed E-state index contributed by atoms with van der Waals surface area (Å²) in [7, 11) is 0. The average Bonchev–Trinajstić information content (AvgIpc) is 2.39. The van der Waals surface area contributed by atoms with Crippen LogP contribution in [0.25, 0.3) is 5.57 Å². The Morgan fingerprint density at radius 1 is 1.44 bits per heavy atom. The fourth-order valence-electron chi connectivity index (χ4n) is 2.14. The summed E-state index contributed by atoms with van der Waals surface area (Å²) in [5.41, 5.74) is 1.87. The van der Waals surface area contributed by atoms with Crippen molar-refractivity contribution in [3.8, 4) is 0 Å². The van der Waals surface area contributed by atoms with Crippen LogP contribution < -0.4 is 0 Å². The molecule has 0 saturated carbocycles. The fourth-order valence-corrected chi connectivity index (χ4v) is 2.14. The number of hydrogen-bond donors (Lipinski definition) is 1. The van der Waals surface area contributed by atoms with Crippen molar-refractivity contribution in [3.63, 3.8) is 0 Å². The van der Waals surface area contributed by atoms with Crippen LogP contribution in [0.4, 0.5) is 5.69 Å². The molecule has 1 aliphatic carbocycles. The highest BCUT2D eigenvalue weighted by molar-refractivity contribution is 5.74. The molecule has 1 aromatic carbocycles. The van der Waals surface area contributed by atoms with Gasteiger partial charge in [-0.1, -0.05) is 18.2 Å². The zero-order chi connectivity index (χ0) is 13.1. The number of rotatable bonds is 3. The van der Waals surface area contributed by atoms with Crippen molar-refractivity contribution in [1.82, 2.24) is 0 Å². The van der Waals surface area contributed by atoms with Crippen LogP contribution in [0.3, 0.4) is 0 Å². The molecule has 5 nitrogen and oxygen atoms in total. The Morgan fingerprint density at radius 2 is 2.22 bits per heavy atom. The van der Waals surface area contributed by atoms with Crippen LogP contribution in [0.5, 0.6) is 0 Å². The molecule has 0 spiro atoms. The molecule has 0 saturated heterocycles. The number of hydrogen-bond acceptors (Lipinski definition) is 3. The number of carboxylic acids is 1. The van der Waals surface area contributed by atoms with Crippen LogP contribution in [0, 0.1) is 16.0 Å². The summed E-state index contributed by atoms with van der Waals surface area (Å²) in [5, 5.41) is 19.6. The van der Waals surface area contributed by atoms with Gasteiger partial charge in [0.05, 0.1) is 10.8 Å². The van der Waals surface area contributed by atoms with E-state index in [9.17, 15) is 14.9 Å². The maximum Gasteiger partial charge on any atom is 0.306 e. The smallest absolute Gasteiger partial charge is 0.306 e.